The molecule has 2 aliphatic rings. The van der Waals surface area contributed by atoms with Gasteiger partial charge < -0.3 is 19.4 Å². The summed E-state index contributed by atoms with van der Waals surface area (Å²) in [7, 11) is 3.61. The molecule has 9 nitrogen and oxygen atoms in total. The van der Waals surface area contributed by atoms with Crippen LogP contribution in [0.3, 0.4) is 0 Å². The van der Waals surface area contributed by atoms with Crippen LogP contribution in [0.25, 0.3) is 0 Å². The van der Waals surface area contributed by atoms with Crippen LogP contribution in [-0.2, 0) is 14.3 Å². The molecule has 2 aromatic rings. The van der Waals surface area contributed by atoms with Crippen molar-refractivity contribution < 1.29 is 14.3 Å². The number of Topliss-reactive ketones (excluding diaryl/α,β-unsaturated/α-hetero) is 1. The lowest BCUT2D eigenvalue weighted by molar-refractivity contribution is -0.152. The average Bonchev–Trinajstić information content (AvgIpc) is 3.09. The van der Waals surface area contributed by atoms with Crippen LogP contribution in [0.2, 0.25) is 0 Å². The van der Waals surface area contributed by atoms with Gasteiger partial charge in [-0.05, 0) is 31.0 Å². The van der Waals surface area contributed by atoms with Crippen molar-refractivity contribution >= 4 is 29.1 Å². The van der Waals surface area contributed by atoms with E-state index in [9.17, 15) is 14.9 Å². The second-order valence-electron chi connectivity index (χ2n) is 7.76. The second kappa shape index (κ2) is 9.06. The number of esters is 1. The third kappa shape index (κ3) is 3.99. The normalized spacial score (nSPS) is 15.9. The van der Waals surface area contributed by atoms with Gasteiger partial charge in [0.2, 0.25) is 11.7 Å². The van der Waals surface area contributed by atoms with Crippen LogP contribution in [0.15, 0.2) is 54.1 Å². The molecule has 0 bridgehead atoms. The number of fused-ring (bicyclic) bond motifs is 1. The van der Waals surface area contributed by atoms with Gasteiger partial charge in [0.15, 0.2) is 6.61 Å². The molecule has 0 atom stereocenters. The Morgan fingerprint density at radius 2 is 1.66 bits per heavy atom. The van der Waals surface area contributed by atoms with Crippen molar-refractivity contribution in [3.8, 4) is 6.07 Å². The Morgan fingerprint density at radius 1 is 1.06 bits per heavy atom. The summed E-state index contributed by atoms with van der Waals surface area (Å²) in [4.78, 5) is 39.4. The summed E-state index contributed by atoms with van der Waals surface area (Å²) >= 11 is 0. The lowest BCUT2D eigenvalue weighted by Crippen LogP contribution is -2.38. The molecule has 1 saturated heterocycles. The Bertz CT molecular complexity index is 1060. The maximum absolute atomic E-state index is 12.8. The number of benzene rings is 1. The molecule has 0 spiro atoms. The quantitative estimate of drug-likeness (QED) is 0.399. The van der Waals surface area contributed by atoms with Crippen LogP contribution in [-0.4, -0.2) is 55.5 Å². The zero-order valence-corrected chi connectivity index (χ0v) is 18.1. The lowest BCUT2D eigenvalue weighted by atomic mass is 9.97. The molecular formula is C23H24N6O3. The maximum atomic E-state index is 12.8. The van der Waals surface area contributed by atoms with Crippen LogP contribution in [0.4, 0.5) is 17.3 Å². The van der Waals surface area contributed by atoms with Gasteiger partial charge in [-0.3, -0.25) is 9.59 Å². The van der Waals surface area contributed by atoms with E-state index in [0.29, 0.717) is 37.7 Å². The first-order valence-electron chi connectivity index (χ1n) is 10.4. The molecule has 0 amide bonds. The van der Waals surface area contributed by atoms with Crippen LogP contribution in [0, 0.1) is 17.2 Å². The van der Waals surface area contributed by atoms with Crippen LogP contribution in [0.1, 0.15) is 12.8 Å². The van der Waals surface area contributed by atoms with Crippen molar-refractivity contribution in [2.45, 2.75) is 12.8 Å². The Kier molecular flexibility index (Phi) is 6.03. The molecular weight excluding hydrogens is 408 g/mol. The molecule has 3 heterocycles. The van der Waals surface area contributed by atoms with E-state index in [-0.39, 0.29) is 11.5 Å². The first-order chi connectivity index (χ1) is 15.5. The van der Waals surface area contributed by atoms with E-state index in [4.69, 9.17) is 4.74 Å². The Labute approximate surface area is 186 Å². The number of carbonyl (C=O) groups is 2. The summed E-state index contributed by atoms with van der Waals surface area (Å²) in [5.41, 5.74) is 1.77. The number of aromatic nitrogens is 2. The number of anilines is 3. The van der Waals surface area contributed by atoms with Crippen molar-refractivity contribution in [2.24, 2.45) is 5.92 Å². The number of piperidine rings is 1. The highest BCUT2D eigenvalue weighted by atomic mass is 16.5. The van der Waals surface area contributed by atoms with E-state index >= 15 is 0 Å². The number of ketones is 1. The molecule has 0 unspecified atom stereocenters. The highest BCUT2D eigenvalue weighted by Crippen LogP contribution is 2.40. The van der Waals surface area contributed by atoms with Crippen LogP contribution < -0.4 is 14.7 Å². The average molecular weight is 432 g/mol. The van der Waals surface area contributed by atoms with Crippen LogP contribution >= 0.6 is 0 Å². The largest absolute Gasteiger partial charge is 0.457 e. The fourth-order valence-electron chi connectivity index (χ4n) is 4.15. The molecule has 164 valence electrons. The SMILES string of the molecule is CN1C(=C(C#N)C(=O)COC(=O)C2CCN(c3ncccn3)CC2)N(C)c2ccccc21. The third-order valence-corrected chi connectivity index (χ3v) is 5.86. The van der Waals surface area contributed by atoms with Crippen molar-refractivity contribution in [2.75, 3.05) is 48.5 Å². The molecule has 0 radical (unpaired) electrons. The van der Waals surface area contributed by atoms with Gasteiger partial charge in [-0.1, -0.05) is 12.1 Å². The molecule has 0 saturated carbocycles. The van der Waals surface area contributed by atoms with E-state index in [1.807, 2.05) is 35.2 Å². The molecule has 1 aromatic carbocycles. The fraction of sp³-hybridized carbons (Fsp3) is 0.348. The van der Waals surface area contributed by atoms with E-state index in [2.05, 4.69) is 9.97 Å². The summed E-state index contributed by atoms with van der Waals surface area (Å²) in [6.45, 7) is 0.823. The predicted octanol–water partition coefficient (Wildman–Crippen LogP) is 2.13. The number of para-hydroxylation sites is 2. The van der Waals surface area contributed by atoms with Crippen molar-refractivity contribution in [1.82, 2.24) is 9.97 Å². The van der Waals surface area contributed by atoms with Gasteiger partial charge in [0.25, 0.3) is 0 Å². The zero-order chi connectivity index (χ0) is 22.7. The summed E-state index contributed by atoms with van der Waals surface area (Å²) in [6.07, 6.45) is 4.57. The fourth-order valence-corrected chi connectivity index (χ4v) is 4.15. The molecule has 1 aromatic heterocycles. The van der Waals surface area contributed by atoms with Crippen molar-refractivity contribution in [3.63, 3.8) is 0 Å². The maximum Gasteiger partial charge on any atom is 0.309 e. The number of nitrogens with zero attached hydrogens (tertiary/aromatic N) is 6. The summed E-state index contributed by atoms with van der Waals surface area (Å²) < 4.78 is 5.31. The molecule has 0 N–H and O–H groups in total. The van der Waals surface area contributed by atoms with E-state index < -0.39 is 18.4 Å². The van der Waals surface area contributed by atoms with Gasteiger partial charge in [-0.2, -0.15) is 5.26 Å². The summed E-state index contributed by atoms with van der Waals surface area (Å²) in [5.74, 6) is -0.0957. The molecule has 9 heteroatoms. The zero-order valence-electron chi connectivity index (χ0n) is 18.1. The summed E-state index contributed by atoms with van der Waals surface area (Å²) in [6, 6.07) is 11.4. The standard InChI is InChI=1S/C23H24N6O3/c1-27-18-6-3-4-7-19(18)28(2)21(27)17(14-24)20(30)15-32-22(31)16-8-12-29(13-9-16)23-25-10-5-11-26-23/h3-7,10-11,16H,8-9,12-13,15H2,1-2H3. The van der Waals surface area contributed by atoms with Gasteiger partial charge in [-0.15, -0.1) is 0 Å². The number of hydrogen-bond acceptors (Lipinski definition) is 9. The number of rotatable bonds is 5. The van der Waals surface area contributed by atoms with E-state index in [0.717, 1.165) is 11.4 Å². The monoisotopic (exact) mass is 432 g/mol. The Morgan fingerprint density at radius 3 is 2.22 bits per heavy atom. The first-order valence-corrected chi connectivity index (χ1v) is 10.4. The van der Waals surface area contributed by atoms with Gasteiger partial charge >= 0.3 is 5.97 Å². The minimum Gasteiger partial charge on any atom is -0.457 e. The van der Waals surface area contributed by atoms with Crippen molar-refractivity contribution in [1.29, 1.82) is 5.26 Å². The minimum absolute atomic E-state index is 0.0324. The number of hydrogen-bond donors (Lipinski definition) is 0. The molecule has 2 aliphatic heterocycles. The Balaban J connectivity index is 1.37. The highest BCUT2D eigenvalue weighted by Gasteiger charge is 2.32. The number of carbonyl (C=O) groups excluding carboxylic acids is 2. The topological polar surface area (TPSA) is 103 Å². The van der Waals surface area contributed by atoms with Gasteiger partial charge in [-0.25, -0.2) is 9.97 Å². The molecule has 32 heavy (non-hydrogen) atoms. The predicted molar refractivity (Wildman–Crippen MR) is 119 cm³/mol. The van der Waals surface area contributed by atoms with Gasteiger partial charge in [0, 0.05) is 39.6 Å². The lowest BCUT2D eigenvalue weighted by Gasteiger charge is -2.30. The van der Waals surface area contributed by atoms with Crippen molar-refractivity contribution in [3.05, 3.63) is 54.1 Å². The van der Waals surface area contributed by atoms with Gasteiger partial charge in [0.1, 0.15) is 17.5 Å². The number of nitriles is 1. The minimum atomic E-state index is -0.516. The second-order valence-corrected chi connectivity index (χ2v) is 7.76. The smallest absolute Gasteiger partial charge is 0.309 e. The Hall–Kier alpha value is -3.93. The van der Waals surface area contributed by atoms with Gasteiger partial charge in [0.05, 0.1) is 17.3 Å². The third-order valence-electron chi connectivity index (χ3n) is 5.86. The molecule has 1 fully saturated rings. The molecule has 4 rings (SSSR count). The number of ether oxygens (including phenoxy) is 1. The molecule has 0 aliphatic carbocycles. The summed E-state index contributed by atoms with van der Waals surface area (Å²) in [5, 5.41) is 9.68. The van der Waals surface area contributed by atoms with Crippen LogP contribution in [0.5, 0.6) is 0 Å². The van der Waals surface area contributed by atoms with E-state index in [1.54, 1.807) is 42.4 Å². The van der Waals surface area contributed by atoms with E-state index in [1.165, 1.54) is 0 Å². The highest BCUT2D eigenvalue weighted by molar-refractivity contribution is 6.03. The first kappa shape index (κ1) is 21.3.